The molecular weight excluding hydrogens is 258 g/mol. The Morgan fingerprint density at radius 3 is 2.79 bits per heavy atom. The van der Waals surface area contributed by atoms with E-state index in [0.29, 0.717) is 10.8 Å². The topological polar surface area (TPSA) is 60.2 Å². The van der Waals surface area contributed by atoms with E-state index in [1.807, 2.05) is 31.2 Å². The number of aryl methyl sites for hydroxylation is 1. The Balaban J connectivity index is 2.31. The maximum atomic E-state index is 5.68. The minimum Gasteiger partial charge on any atom is -0.496 e. The van der Waals surface area contributed by atoms with Gasteiger partial charge in [0.05, 0.1) is 12.7 Å². The first kappa shape index (κ1) is 13.3. The van der Waals surface area contributed by atoms with Crippen LogP contribution in [-0.2, 0) is 0 Å². The van der Waals surface area contributed by atoms with E-state index in [9.17, 15) is 0 Å². The number of nitrogens with one attached hydrogen (secondary N) is 1. The average molecular weight is 273 g/mol. The fraction of sp³-hybridized carbons (Fsp3) is 0.143. The molecule has 3 N–H and O–H groups in total. The van der Waals surface area contributed by atoms with Gasteiger partial charge in [0.25, 0.3) is 0 Å². The van der Waals surface area contributed by atoms with Crippen LogP contribution in [0.5, 0.6) is 5.75 Å². The van der Waals surface area contributed by atoms with Gasteiger partial charge in [0.2, 0.25) is 0 Å². The highest BCUT2D eigenvalue weighted by molar-refractivity contribution is 7.80. The van der Waals surface area contributed by atoms with Gasteiger partial charge in [-0.2, -0.15) is 0 Å². The Hall–Kier alpha value is -2.14. The van der Waals surface area contributed by atoms with Gasteiger partial charge < -0.3 is 15.8 Å². The summed E-state index contributed by atoms with van der Waals surface area (Å²) in [6, 6.07) is 9.45. The van der Waals surface area contributed by atoms with Crippen LogP contribution in [0.15, 0.2) is 36.5 Å². The molecule has 0 radical (unpaired) electrons. The van der Waals surface area contributed by atoms with Crippen molar-refractivity contribution in [1.29, 1.82) is 0 Å². The van der Waals surface area contributed by atoms with Crippen molar-refractivity contribution >= 4 is 28.7 Å². The lowest BCUT2D eigenvalue weighted by atomic mass is 10.2. The van der Waals surface area contributed by atoms with E-state index in [0.717, 1.165) is 22.6 Å². The molecular formula is C14H15N3OS. The van der Waals surface area contributed by atoms with Crippen molar-refractivity contribution in [2.45, 2.75) is 6.92 Å². The highest BCUT2D eigenvalue weighted by Gasteiger charge is 2.07. The standard InChI is InChI=1S/C14H15N3OS/c1-9-8-10(5-6-12(9)18-2)17-14-11(13(15)19)4-3-7-16-14/h3-8H,1-2H3,(H2,15,19)(H,16,17). The first-order valence-electron chi connectivity index (χ1n) is 5.78. The summed E-state index contributed by atoms with van der Waals surface area (Å²) in [7, 11) is 1.65. The van der Waals surface area contributed by atoms with Gasteiger partial charge in [-0.1, -0.05) is 12.2 Å². The van der Waals surface area contributed by atoms with E-state index in [-0.39, 0.29) is 0 Å². The summed E-state index contributed by atoms with van der Waals surface area (Å²) in [5, 5.41) is 3.21. The van der Waals surface area contributed by atoms with Gasteiger partial charge in [-0.05, 0) is 42.8 Å². The molecule has 1 aromatic carbocycles. The maximum absolute atomic E-state index is 5.68. The summed E-state index contributed by atoms with van der Waals surface area (Å²) in [4.78, 5) is 4.58. The number of ether oxygens (including phenoxy) is 1. The Kier molecular flexibility index (Phi) is 3.97. The molecule has 0 saturated heterocycles. The summed E-state index contributed by atoms with van der Waals surface area (Å²) >= 11 is 5.01. The third-order valence-corrected chi connectivity index (χ3v) is 2.95. The van der Waals surface area contributed by atoms with Crippen molar-refractivity contribution in [3.63, 3.8) is 0 Å². The largest absolute Gasteiger partial charge is 0.496 e. The first-order chi connectivity index (χ1) is 9.11. The predicted molar refractivity (Wildman–Crippen MR) is 81.1 cm³/mol. The van der Waals surface area contributed by atoms with E-state index in [4.69, 9.17) is 22.7 Å². The van der Waals surface area contributed by atoms with Crippen molar-refractivity contribution in [1.82, 2.24) is 4.98 Å². The monoisotopic (exact) mass is 273 g/mol. The molecule has 0 saturated carbocycles. The molecule has 1 aromatic heterocycles. The Labute approximate surface area is 117 Å². The van der Waals surface area contributed by atoms with E-state index >= 15 is 0 Å². The zero-order chi connectivity index (χ0) is 13.8. The molecule has 0 aliphatic carbocycles. The first-order valence-corrected chi connectivity index (χ1v) is 6.19. The Bertz CT molecular complexity index is 613. The average Bonchev–Trinajstić information content (AvgIpc) is 2.39. The lowest BCUT2D eigenvalue weighted by Gasteiger charge is -2.11. The zero-order valence-electron chi connectivity index (χ0n) is 10.8. The number of thiocarbonyl (C=S) groups is 1. The van der Waals surface area contributed by atoms with Crippen LogP contribution in [0.1, 0.15) is 11.1 Å². The van der Waals surface area contributed by atoms with Gasteiger partial charge in [0, 0.05) is 11.9 Å². The maximum Gasteiger partial charge on any atom is 0.140 e. The quantitative estimate of drug-likeness (QED) is 0.839. The number of nitrogens with zero attached hydrogens (tertiary/aromatic N) is 1. The summed E-state index contributed by atoms with van der Waals surface area (Å²) in [6.07, 6.45) is 1.69. The van der Waals surface area contributed by atoms with Crippen LogP contribution in [0.25, 0.3) is 0 Å². The SMILES string of the molecule is COc1ccc(Nc2ncccc2C(N)=S)cc1C. The fourth-order valence-corrected chi connectivity index (χ4v) is 1.96. The lowest BCUT2D eigenvalue weighted by molar-refractivity contribution is 0.412. The van der Waals surface area contributed by atoms with E-state index in [2.05, 4.69) is 10.3 Å². The number of rotatable bonds is 4. The molecule has 0 fully saturated rings. The molecule has 4 nitrogen and oxygen atoms in total. The van der Waals surface area contributed by atoms with Crippen LogP contribution in [0.4, 0.5) is 11.5 Å². The third kappa shape index (κ3) is 3.00. The smallest absolute Gasteiger partial charge is 0.140 e. The fourth-order valence-electron chi connectivity index (χ4n) is 1.80. The second-order valence-corrected chi connectivity index (χ2v) is 4.51. The van der Waals surface area contributed by atoms with E-state index < -0.39 is 0 Å². The molecule has 0 aliphatic rings. The van der Waals surface area contributed by atoms with Gasteiger partial charge in [0.15, 0.2) is 0 Å². The molecule has 98 valence electrons. The van der Waals surface area contributed by atoms with Crippen molar-refractivity contribution in [2.75, 3.05) is 12.4 Å². The number of methoxy groups -OCH3 is 1. The molecule has 0 unspecified atom stereocenters. The van der Waals surface area contributed by atoms with E-state index in [1.165, 1.54) is 0 Å². The molecule has 0 spiro atoms. The third-order valence-electron chi connectivity index (χ3n) is 2.73. The Morgan fingerprint density at radius 1 is 1.37 bits per heavy atom. The van der Waals surface area contributed by atoms with Gasteiger partial charge in [-0.25, -0.2) is 4.98 Å². The highest BCUT2D eigenvalue weighted by Crippen LogP contribution is 2.24. The molecule has 2 aromatic rings. The second-order valence-electron chi connectivity index (χ2n) is 4.07. The number of anilines is 2. The number of pyridine rings is 1. The van der Waals surface area contributed by atoms with Crippen LogP contribution < -0.4 is 15.8 Å². The van der Waals surface area contributed by atoms with Crippen LogP contribution in [0.2, 0.25) is 0 Å². The number of hydrogen-bond donors (Lipinski definition) is 2. The summed E-state index contributed by atoms with van der Waals surface area (Å²) in [5.74, 6) is 1.50. The van der Waals surface area contributed by atoms with Crippen molar-refractivity contribution in [2.24, 2.45) is 5.73 Å². The summed E-state index contributed by atoms with van der Waals surface area (Å²) in [5.41, 5.74) is 8.36. The molecule has 0 bridgehead atoms. The van der Waals surface area contributed by atoms with Crippen LogP contribution in [0.3, 0.4) is 0 Å². The van der Waals surface area contributed by atoms with Crippen LogP contribution >= 0.6 is 12.2 Å². The lowest BCUT2D eigenvalue weighted by Crippen LogP contribution is -2.12. The molecule has 0 atom stereocenters. The normalized spacial score (nSPS) is 10.0. The molecule has 1 heterocycles. The van der Waals surface area contributed by atoms with Crippen molar-refractivity contribution in [3.8, 4) is 5.75 Å². The predicted octanol–water partition coefficient (Wildman–Crippen LogP) is 2.78. The van der Waals surface area contributed by atoms with Gasteiger partial charge in [-0.15, -0.1) is 0 Å². The summed E-state index contributed by atoms with van der Waals surface area (Å²) < 4.78 is 5.23. The van der Waals surface area contributed by atoms with Gasteiger partial charge >= 0.3 is 0 Å². The number of nitrogens with two attached hydrogens (primary N) is 1. The number of benzene rings is 1. The zero-order valence-corrected chi connectivity index (χ0v) is 11.6. The second kappa shape index (κ2) is 5.67. The Morgan fingerprint density at radius 2 is 2.16 bits per heavy atom. The molecule has 19 heavy (non-hydrogen) atoms. The van der Waals surface area contributed by atoms with Gasteiger partial charge in [0.1, 0.15) is 16.6 Å². The van der Waals surface area contributed by atoms with Crippen LogP contribution in [0, 0.1) is 6.92 Å². The minimum absolute atomic E-state index is 0.320. The molecule has 0 aliphatic heterocycles. The van der Waals surface area contributed by atoms with Gasteiger partial charge in [-0.3, -0.25) is 0 Å². The highest BCUT2D eigenvalue weighted by atomic mass is 32.1. The van der Waals surface area contributed by atoms with Crippen molar-refractivity contribution in [3.05, 3.63) is 47.7 Å². The molecule has 5 heteroatoms. The van der Waals surface area contributed by atoms with Crippen LogP contribution in [-0.4, -0.2) is 17.1 Å². The minimum atomic E-state index is 0.320. The number of aromatic nitrogens is 1. The summed E-state index contributed by atoms with van der Waals surface area (Å²) in [6.45, 7) is 1.98. The number of hydrogen-bond acceptors (Lipinski definition) is 4. The van der Waals surface area contributed by atoms with Crippen molar-refractivity contribution < 1.29 is 4.74 Å². The van der Waals surface area contributed by atoms with E-state index in [1.54, 1.807) is 19.4 Å². The molecule has 0 amide bonds. The molecule has 2 rings (SSSR count).